The first kappa shape index (κ1) is 20.4. The first-order chi connectivity index (χ1) is 10.1. The fourth-order valence-corrected chi connectivity index (χ4v) is 4.14. The Morgan fingerprint density at radius 1 is 1.43 bits per heavy atom. The summed E-state index contributed by atoms with van der Waals surface area (Å²) >= 11 is 3.24. The van der Waals surface area contributed by atoms with Crippen molar-refractivity contribution in [2.75, 3.05) is 19.6 Å². The van der Waals surface area contributed by atoms with Crippen molar-refractivity contribution in [3.05, 3.63) is 27.7 Å². The topological polar surface area (TPSA) is 106 Å². The molecule has 1 saturated heterocycles. The van der Waals surface area contributed by atoms with Crippen molar-refractivity contribution in [3.63, 3.8) is 0 Å². The van der Waals surface area contributed by atoms with Crippen LogP contribution in [0.5, 0.6) is 0 Å². The molecule has 130 valence electrons. The van der Waals surface area contributed by atoms with Crippen LogP contribution in [0.15, 0.2) is 21.5 Å². The van der Waals surface area contributed by atoms with Gasteiger partial charge in [-0.05, 0) is 43.0 Å². The van der Waals surface area contributed by atoms with Crippen molar-refractivity contribution in [2.45, 2.75) is 25.2 Å². The minimum atomic E-state index is -3.88. The van der Waals surface area contributed by atoms with E-state index < -0.39 is 10.0 Å². The summed E-state index contributed by atoms with van der Waals surface area (Å²) in [7, 11) is -3.88. The Kier molecular flexibility index (Phi) is 6.26. The summed E-state index contributed by atoms with van der Waals surface area (Å²) in [5, 5.41) is 5.22. The van der Waals surface area contributed by atoms with Gasteiger partial charge in [-0.1, -0.05) is 22.9 Å². The first-order valence-electron chi connectivity index (χ1n) is 6.90. The summed E-state index contributed by atoms with van der Waals surface area (Å²) in [6.07, 6.45) is 0.838. The van der Waals surface area contributed by atoms with Crippen LogP contribution in [0.4, 0.5) is 0 Å². The summed E-state index contributed by atoms with van der Waals surface area (Å²) in [5.41, 5.74) is 6.40. The molecule has 6 nitrogen and oxygen atoms in total. The molecule has 1 atom stereocenters. The van der Waals surface area contributed by atoms with Crippen LogP contribution in [-0.4, -0.2) is 38.9 Å². The predicted molar refractivity (Wildman–Crippen MR) is 95.2 cm³/mol. The smallest absolute Gasteiger partial charge is 0.254 e. The maximum atomic E-state index is 12.7. The van der Waals surface area contributed by atoms with Gasteiger partial charge in [-0.15, -0.1) is 12.4 Å². The predicted octanol–water partition coefficient (Wildman–Crippen LogP) is 1.64. The fraction of sp³-hybridized carbons (Fsp3) is 0.500. The molecule has 0 bridgehead atoms. The number of carbonyl (C=O) groups is 1. The average Bonchev–Trinajstić information content (AvgIpc) is 2.82. The number of rotatable bonds is 3. The van der Waals surface area contributed by atoms with E-state index in [-0.39, 0.29) is 28.6 Å². The molecule has 2 rings (SSSR count). The molecule has 9 heteroatoms. The number of primary sulfonamides is 1. The van der Waals surface area contributed by atoms with Gasteiger partial charge in [0.05, 0.1) is 4.90 Å². The van der Waals surface area contributed by atoms with Crippen LogP contribution in [0.1, 0.15) is 29.3 Å². The highest BCUT2D eigenvalue weighted by atomic mass is 79.9. The Morgan fingerprint density at radius 3 is 2.52 bits per heavy atom. The van der Waals surface area contributed by atoms with Crippen molar-refractivity contribution in [1.82, 2.24) is 4.90 Å². The number of benzene rings is 1. The summed E-state index contributed by atoms with van der Waals surface area (Å²) in [6, 6.07) is 3.04. The highest BCUT2D eigenvalue weighted by Gasteiger charge is 2.36. The van der Waals surface area contributed by atoms with Gasteiger partial charge in [0.1, 0.15) is 0 Å². The normalized spacial score (nSPS) is 21.2. The fourth-order valence-electron chi connectivity index (χ4n) is 2.71. The molecule has 0 saturated carbocycles. The number of hydrogen-bond acceptors (Lipinski definition) is 4. The summed E-state index contributed by atoms with van der Waals surface area (Å²) in [5.74, 6) is -0.194. The third-order valence-corrected chi connectivity index (χ3v) is 5.69. The van der Waals surface area contributed by atoms with Crippen LogP contribution in [0.25, 0.3) is 0 Å². The van der Waals surface area contributed by atoms with Crippen molar-refractivity contribution in [3.8, 4) is 0 Å². The number of sulfonamides is 1. The second kappa shape index (κ2) is 7.06. The molecule has 1 amide bonds. The Labute approximate surface area is 151 Å². The Morgan fingerprint density at radius 2 is 2.04 bits per heavy atom. The second-order valence-electron chi connectivity index (χ2n) is 6.11. The lowest BCUT2D eigenvalue weighted by Gasteiger charge is -2.23. The van der Waals surface area contributed by atoms with E-state index >= 15 is 0 Å². The minimum absolute atomic E-state index is 0. The van der Waals surface area contributed by atoms with E-state index in [2.05, 4.69) is 15.9 Å². The average molecular weight is 427 g/mol. The van der Waals surface area contributed by atoms with E-state index in [4.69, 9.17) is 10.9 Å². The zero-order valence-electron chi connectivity index (χ0n) is 13.0. The third-order valence-electron chi connectivity index (χ3n) is 4.20. The van der Waals surface area contributed by atoms with Crippen molar-refractivity contribution < 1.29 is 13.2 Å². The monoisotopic (exact) mass is 425 g/mol. The van der Waals surface area contributed by atoms with Crippen LogP contribution in [-0.2, 0) is 10.0 Å². The molecule has 1 aliphatic heterocycles. The lowest BCUT2D eigenvalue weighted by Crippen LogP contribution is -2.35. The highest BCUT2D eigenvalue weighted by Crippen LogP contribution is 2.31. The molecule has 0 spiro atoms. The third kappa shape index (κ3) is 4.24. The van der Waals surface area contributed by atoms with Gasteiger partial charge in [-0.25, -0.2) is 13.6 Å². The lowest BCUT2D eigenvalue weighted by molar-refractivity contribution is 0.0776. The van der Waals surface area contributed by atoms with Crippen molar-refractivity contribution in [1.29, 1.82) is 0 Å². The molecule has 1 aromatic carbocycles. The highest BCUT2D eigenvalue weighted by molar-refractivity contribution is 9.10. The Bertz CT molecular complexity index is 726. The summed E-state index contributed by atoms with van der Waals surface area (Å²) in [6.45, 7) is 5.33. The molecular formula is C14H21BrClN3O3S. The Balaban J connectivity index is 0.00000264. The van der Waals surface area contributed by atoms with Gasteiger partial charge in [0.25, 0.3) is 5.91 Å². The molecule has 1 aromatic rings. The molecule has 1 fully saturated rings. The number of nitrogens with two attached hydrogens (primary N) is 2. The Hall–Kier alpha value is -0.670. The zero-order chi connectivity index (χ0) is 16.7. The van der Waals surface area contributed by atoms with Crippen molar-refractivity contribution >= 4 is 44.3 Å². The van der Waals surface area contributed by atoms with Crippen molar-refractivity contribution in [2.24, 2.45) is 16.3 Å². The largest absolute Gasteiger partial charge is 0.338 e. The number of hydrogen-bond donors (Lipinski definition) is 2. The number of carbonyl (C=O) groups excluding carboxylic acids is 1. The first-order valence-corrected chi connectivity index (χ1v) is 9.24. The van der Waals surface area contributed by atoms with Gasteiger partial charge in [0.2, 0.25) is 10.0 Å². The standard InChI is InChI=1S/C14H20BrN3O3S.ClH/c1-9-11(5-10(15)6-12(9)22(17,20)21)13(19)18-4-3-14(2,7-16)8-18;/h5-6H,3-4,7-8,16H2,1-2H3,(H2,17,20,21);1H. The summed E-state index contributed by atoms with van der Waals surface area (Å²) in [4.78, 5) is 14.4. The number of likely N-dealkylation sites (tertiary alicyclic amines) is 1. The van der Waals surface area contributed by atoms with Gasteiger partial charge in [0.15, 0.2) is 0 Å². The van der Waals surface area contributed by atoms with E-state index in [1.54, 1.807) is 17.9 Å². The number of nitrogens with zero attached hydrogens (tertiary/aromatic N) is 1. The van der Waals surface area contributed by atoms with E-state index in [9.17, 15) is 13.2 Å². The minimum Gasteiger partial charge on any atom is -0.338 e. The molecule has 1 aliphatic rings. The maximum Gasteiger partial charge on any atom is 0.254 e. The van der Waals surface area contributed by atoms with Crippen LogP contribution in [0.3, 0.4) is 0 Å². The van der Waals surface area contributed by atoms with E-state index in [0.29, 0.717) is 35.2 Å². The lowest BCUT2D eigenvalue weighted by atomic mass is 9.90. The molecule has 4 N–H and O–H groups in total. The van der Waals surface area contributed by atoms with Crippen LogP contribution in [0, 0.1) is 12.3 Å². The molecular weight excluding hydrogens is 406 g/mol. The van der Waals surface area contributed by atoms with Gasteiger partial charge < -0.3 is 10.6 Å². The molecule has 0 radical (unpaired) electrons. The van der Waals surface area contributed by atoms with E-state index in [1.165, 1.54) is 6.07 Å². The van der Waals surface area contributed by atoms with Gasteiger partial charge in [-0.3, -0.25) is 4.79 Å². The molecule has 0 aliphatic carbocycles. The summed E-state index contributed by atoms with van der Waals surface area (Å²) < 4.78 is 23.8. The molecule has 0 aromatic heterocycles. The molecule has 1 heterocycles. The molecule has 23 heavy (non-hydrogen) atoms. The van der Waals surface area contributed by atoms with Crippen LogP contribution in [0.2, 0.25) is 0 Å². The van der Waals surface area contributed by atoms with E-state index in [0.717, 1.165) is 6.42 Å². The molecule has 1 unspecified atom stereocenters. The SMILES string of the molecule is Cc1c(C(=O)N2CCC(C)(CN)C2)cc(Br)cc1S(N)(=O)=O.Cl. The zero-order valence-corrected chi connectivity index (χ0v) is 16.2. The second-order valence-corrected chi connectivity index (χ2v) is 8.56. The van der Waals surface area contributed by atoms with Crippen LogP contribution < -0.4 is 10.9 Å². The van der Waals surface area contributed by atoms with Gasteiger partial charge in [-0.2, -0.15) is 0 Å². The quantitative estimate of drug-likeness (QED) is 0.766. The maximum absolute atomic E-state index is 12.7. The number of halogens is 2. The van der Waals surface area contributed by atoms with Gasteiger partial charge in [0, 0.05) is 23.1 Å². The van der Waals surface area contributed by atoms with Gasteiger partial charge >= 0.3 is 0 Å². The van der Waals surface area contributed by atoms with E-state index in [1.807, 2.05) is 6.92 Å². The van der Waals surface area contributed by atoms with Crippen LogP contribution >= 0.6 is 28.3 Å². The number of amides is 1.